The van der Waals surface area contributed by atoms with Crippen LogP contribution in [-0.2, 0) is 4.74 Å². The maximum atomic E-state index is 13.1. The quantitative estimate of drug-likeness (QED) is 0.409. The highest BCUT2D eigenvalue weighted by atomic mass is 16.5. The first-order chi connectivity index (χ1) is 13.8. The number of ketones is 1. The van der Waals surface area contributed by atoms with Crippen LogP contribution in [0.15, 0.2) is 30.3 Å². The van der Waals surface area contributed by atoms with Gasteiger partial charge in [-0.1, -0.05) is 18.2 Å². The largest absolute Gasteiger partial charge is 0.507 e. The topological polar surface area (TPSA) is 148 Å². The minimum Gasteiger partial charge on any atom is -0.507 e. The fourth-order valence-electron chi connectivity index (χ4n) is 4.40. The number of hydrogen-bond donors (Lipinski definition) is 6. The lowest BCUT2D eigenvalue weighted by molar-refractivity contribution is -0.232. The lowest BCUT2D eigenvalue weighted by Gasteiger charge is -2.45. The second-order valence-corrected chi connectivity index (χ2v) is 7.59. The highest BCUT2D eigenvalue weighted by molar-refractivity contribution is 6.16. The van der Waals surface area contributed by atoms with Crippen molar-refractivity contribution < 1.29 is 40.2 Å². The third-order valence-electron chi connectivity index (χ3n) is 5.75. The van der Waals surface area contributed by atoms with Gasteiger partial charge < -0.3 is 35.4 Å². The number of ether oxygens (including phenoxy) is 1. The van der Waals surface area contributed by atoms with Crippen LogP contribution < -0.4 is 0 Å². The summed E-state index contributed by atoms with van der Waals surface area (Å²) in [7, 11) is 0. The maximum Gasteiger partial charge on any atom is 0.201 e. The molecule has 2 aliphatic rings. The Morgan fingerprint density at radius 2 is 1.62 bits per heavy atom. The van der Waals surface area contributed by atoms with Gasteiger partial charge in [-0.05, 0) is 35.7 Å². The van der Waals surface area contributed by atoms with E-state index in [-0.39, 0.29) is 22.6 Å². The number of carbonyl (C=O) groups is 1. The minimum atomic E-state index is -1.59. The molecule has 4 rings (SSSR count). The Labute approximate surface area is 166 Å². The van der Waals surface area contributed by atoms with Crippen LogP contribution in [-0.4, -0.2) is 73.5 Å². The van der Waals surface area contributed by atoms with Crippen LogP contribution in [0.3, 0.4) is 0 Å². The summed E-state index contributed by atoms with van der Waals surface area (Å²) in [5.74, 6) is -1.96. The van der Waals surface area contributed by atoms with Gasteiger partial charge >= 0.3 is 0 Å². The Hall–Kier alpha value is -2.49. The van der Waals surface area contributed by atoms with Crippen molar-refractivity contribution in [2.45, 2.75) is 43.4 Å². The van der Waals surface area contributed by atoms with Crippen molar-refractivity contribution in [2.24, 2.45) is 0 Å². The molecule has 4 unspecified atom stereocenters. The molecule has 0 spiro atoms. The summed E-state index contributed by atoms with van der Waals surface area (Å²) in [5.41, 5.74) is 1.34. The maximum absolute atomic E-state index is 13.1. The van der Waals surface area contributed by atoms with Crippen LogP contribution >= 0.6 is 0 Å². The third-order valence-corrected chi connectivity index (χ3v) is 5.75. The predicted octanol–water partition coefficient (Wildman–Crippen LogP) is -0.0751. The van der Waals surface area contributed by atoms with Crippen molar-refractivity contribution in [1.82, 2.24) is 0 Å². The summed E-state index contributed by atoms with van der Waals surface area (Å²) in [6, 6.07) is 7.58. The summed E-state index contributed by atoms with van der Waals surface area (Å²) in [4.78, 5) is 13.1. The van der Waals surface area contributed by atoms with Crippen molar-refractivity contribution in [3.63, 3.8) is 0 Å². The number of hydrogen-bond acceptors (Lipinski definition) is 8. The highest BCUT2D eigenvalue weighted by Crippen LogP contribution is 2.47. The Morgan fingerprint density at radius 3 is 2.31 bits per heavy atom. The molecule has 0 aromatic heterocycles. The van der Waals surface area contributed by atoms with Crippen molar-refractivity contribution >= 4 is 5.78 Å². The molecule has 1 heterocycles. The van der Waals surface area contributed by atoms with Crippen molar-refractivity contribution in [3.8, 4) is 11.5 Å². The first-order valence-corrected chi connectivity index (χ1v) is 9.26. The van der Waals surface area contributed by atoms with Crippen LogP contribution in [0.25, 0.3) is 0 Å². The van der Waals surface area contributed by atoms with E-state index in [4.69, 9.17) is 4.74 Å². The molecule has 1 aliphatic carbocycles. The average Bonchev–Trinajstić information content (AvgIpc) is 2.67. The Morgan fingerprint density at radius 1 is 0.931 bits per heavy atom. The number of aryl methyl sites for hydroxylation is 1. The van der Waals surface area contributed by atoms with Crippen LogP contribution in [0, 0.1) is 6.92 Å². The van der Waals surface area contributed by atoms with E-state index in [0.29, 0.717) is 16.7 Å². The molecule has 0 amide bonds. The summed E-state index contributed by atoms with van der Waals surface area (Å²) in [6.07, 6.45) is -6.94. The molecular weight excluding hydrogens is 380 g/mol. The van der Waals surface area contributed by atoms with E-state index in [0.717, 1.165) is 0 Å². The Balaban J connectivity index is 1.95. The minimum absolute atomic E-state index is 0.0217. The zero-order valence-electron chi connectivity index (χ0n) is 15.6. The van der Waals surface area contributed by atoms with Gasteiger partial charge in [0.05, 0.1) is 23.8 Å². The number of phenols is 2. The summed E-state index contributed by atoms with van der Waals surface area (Å²) >= 11 is 0. The van der Waals surface area contributed by atoms with Crippen LogP contribution in [0.1, 0.15) is 38.5 Å². The number of carbonyl (C=O) groups excluding carboxylic acids is 1. The summed E-state index contributed by atoms with van der Waals surface area (Å²) in [5, 5.41) is 61.4. The van der Waals surface area contributed by atoms with Crippen LogP contribution in [0.5, 0.6) is 11.5 Å². The number of rotatable bonds is 2. The molecule has 1 saturated heterocycles. The molecule has 6 atom stereocenters. The standard InChI is InChI=1S/C21H22O8/c1-8-5-10-14(21-20(28)19(27)17(25)13(7-22)29-21)9-3-2-4-11(23)15(9)18(26)16(10)12(24)6-8/h2-6,13-14,17,19-25,27-28H,7H2,1H3/t13?,14?,17-,19?,20?,21+/m1/s1. The van der Waals surface area contributed by atoms with E-state index in [9.17, 15) is 35.4 Å². The molecule has 2 aromatic rings. The molecule has 0 radical (unpaired) electrons. The second kappa shape index (κ2) is 7.08. The van der Waals surface area contributed by atoms with Gasteiger partial charge in [-0.2, -0.15) is 0 Å². The first-order valence-electron chi connectivity index (χ1n) is 9.26. The molecule has 154 valence electrons. The van der Waals surface area contributed by atoms with E-state index < -0.39 is 48.8 Å². The van der Waals surface area contributed by atoms with Gasteiger partial charge in [0.1, 0.15) is 35.9 Å². The number of benzene rings is 2. The predicted molar refractivity (Wildman–Crippen MR) is 100.0 cm³/mol. The van der Waals surface area contributed by atoms with E-state index in [1.807, 2.05) is 0 Å². The smallest absolute Gasteiger partial charge is 0.201 e. The number of aliphatic hydroxyl groups excluding tert-OH is 4. The first kappa shape index (κ1) is 19.8. The van der Waals surface area contributed by atoms with Gasteiger partial charge in [-0.15, -0.1) is 0 Å². The number of phenolic OH excluding ortho intramolecular Hbond substituents is 2. The zero-order valence-corrected chi connectivity index (χ0v) is 15.6. The molecular formula is C21H22O8. The lowest BCUT2D eigenvalue weighted by Crippen LogP contribution is -2.60. The normalized spacial score (nSPS) is 31.3. The number of aromatic hydroxyl groups is 2. The van der Waals surface area contributed by atoms with Gasteiger partial charge in [0.15, 0.2) is 0 Å². The molecule has 29 heavy (non-hydrogen) atoms. The van der Waals surface area contributed by atoms with Crippen LogP contribution in [0.4, 0.5) is 0 Å². The average molecular weight is 402 g/mol. The number of fused-ring (bicyclic) bond motifs is 2. The van der Waals surface area contributed by atoms with E-state index in [1.54, 1.807) is 25.1 Å². The Kier molecular flexibility index (Phi) is 4.84. The zero-order chi connectivity index (χ0) is 21.0. The van der Waals surface area contributed by atoms with E-state index in [1.165, 1.54) is 12.1 Å². The second-order valence-electron chi connectivity index (χ2n) is 7.59. The molecule has 1 aliphatic heterocycles. The summed E-state index contributed by atoms with van der Waals surface area (Å²) in [6.45, 7) is 1.14. The van der Waals surface area contributed by atoms with Gasteiger partial charge in [0.25, 0.3) is 0 Å². The fraction of sp³-hybridized carbons (Fsp3) is 0.381. The number of aliphatic hydroxyl groups is 4. The van der Waals surface area contributed by atoms with Gasteiger partial charge in [-0.3, -0.25) is 4.79 Å². The van der Waals surface area contributed by atoms with Crippen molar-refractivity contribution in [3.05, 3.63) is 58.1 Å². The molecule has 0 saturated carbocycles. The van der Waals surface area contributed by atoms with Crippen molar-refractivity contribution in [1.29, 1.82) is 0 Å². The SMILES string of the molecule is Cc1cc(O)c2c(c1)C([C@@H]1OC(CO)[C@@H](O)C(O)C1O)c1cccc(O)c1C2=O. The van der Waals surface area contributed by atoms with Crippen molar-refractivity contribution in [2.75, 3.05) is 6.61 Å². The molecule has 8 nitrogen and oxygen atoms in total. The van der Waals surface area contributed by atoms with Gasteiger partial charge in [0.2, 0.25) is 5.78 Å². The Bertz CT molecular complexity index is 969. The van der Waals surface area contributed by atoms with Gasteiger partial charge in [0, 0.05) is 5.92 Å². The van der Waals surface area contributed by atoms with Crippen LogP contribution in [0.2, 0.25) is 0 Å². The van der Waals surface area contributed by atoms with E-state index in [2.05, 4.69) is 0 Å². The molecule has 8 heteroatoms. The third kappa shape index (κ3) is 2.92. The summed E-state index contributed by atoms with van der Waals surface area (Å²) < 4.78 is 5.75. The molecule has 6 N–H and O–H groups in total. The highest BCUT2D eigenvalue weighted by Gasteiger charge is 2.50. The molecule has 2 aromatic carbocycles. The fourth-order valence-corrected chi connectivity index (χ4v) is 4.40. The molecule has 0 bridgehead atoms. The monoisotopic (exact) mass is 402 g/mol. The van der Waals surface area contributed by atoms with E-state index >= 15 is 0 Å². The lowest BCUT2D eigenvalue weighted by atomic mass is 9.71. The van der Waals surface area contributed by atoms with Gasteiger partial charge in [-0.25, -0.2) is 0 Å². The molecule has 1 fully saturated rings.